The summed E-state index contributed by atoms with van der Waals surface area (Å²) in [6.07, 6.45) is 1.68. The summed E-state index contributed by atoms with van der Waals surface area (Å²) in [4.78, 5) is 0.148. The van der Waals surface area contributed by atoms with E-state index in [0.29, 0.717) is 10.6 Å². The number of nitrogens with two attached hydrogens (primary N) is 1. The van der Waals surface area contributed by atoms with Crippen molar-refractivity contribution in [1.29, 1.82) is 0 Å². The van der Waals surface area contributed by atoms with E-state index < -0.39 is 10.0 Å². The van der Waals surface area contributed by atoms with E-state index in [1.54, 1.807) is 6.07 Å². The molecule has 1 aromatic carbocycles. The van der Waals surface area contributed by atoms with Gasteiger partial charge in [0.1, 0.15) is 0 Å². The van der Waals surface area contributed by atoms with Gasteiger partial charge in [-0.3, -0.25) is 0 Å². The zero-order valence-electron chi connectivity index (χ0n) is 10.4. The van der Waals surface area contributed by atoms with Crippen LogP contribution in [-0.2, 0) is 16.6 Å². The van der Waals surface area contributed by atoms with Gasteiger partial charge in [-0.15, -0.1) is 0 Å². The van der Waals surface area contributed by atoms with Gasteiger partial charge in [-0.2, -0.15) is 4.31 Å². The Labute approximate surface area is 118 Å². The van der Waals surface area contributed by atoms with Crippen LogP contribution in [0.4, 0.5) is 0 Å². The zero-order chi connectivity index (χ0) is 14.0. The lowest BCUT2D eigenvalue weighted by molar-refractivity contribution is 0.250. The van der Waals surface area contributed by atoms with Crippen LogP contribution in [0.1, 0.15) is 18.4 Å². The molecule has 1 aliphatic rings. The summed E-state index contributed by atoms with van der Waals surface area (Å²) in [7, 11) is -3.60. The van der Waals surface area contributed by atoms with Gasteiger partial charge in [0, 0.05) is 24.2 Å². The largest absolute Gasteiger partial charge is 0.395 e. The highest BCUT2D eigenvalue weighted by atomic mass is 35.5. The fourth-order valence-electron chi connectivity index (χ4n) is 1.95. The van der Waals surface area contributed by atoms with E-state index >= 15 is 0 Å². The van der Waals surface area contributed by atoms with Crippen LogP contribution in [-0.4, -0.2) is 37.0 Å². The van der Waals surface area contributed by atoms with Gasteiger partial charge in [0.05, 0.1) is 11.5 Å². The van der Waals surface area contributed by atoms with Crippen molar-refractivity contribution in [1.82, 2.24) is 4.31 Å². The summed E-state index contributed by atoms with van der Waals surface area (Å²) in [5.41, 5.74) is 6.21. The molecular weight excluding hydrogens is 288 g/mol. The van der Waals surface area contributed by atoms with Crippen LogP contribution in [0, 0.1) is 0 Å². The average Bonchev–Trinajstić information content (AvgIpc) is 3.19. The summed E-state index contributed by atoms with van der Waals surface area (Å²) in [5, 5.41) is 9.36. The molecule has 106 valence electrons. The Balaban J connectivity index is 2.34. The van der Waals surface area contributed by atoms with E-state index in [9.17, 15) is 8.42 Å². The first kappa shape index (κ1) is 14.7. The lowest BCUT2D eigenvalue weighted by Gasteiger charge is -2.21. The lowest BCUT2D eigenvalue weighted by atomic mass is 10.2. The van der Waals surface area contributed by atoms with Crippen molar-refractivity contribution in [2.75, 3.05) is 13.2 Å². The van der Waals surface area contributed by atoms with Crippen LogP contribution < -0.4 is 5.73 Å². The number of rotatable bonds is 6. The number of nitrogens with zero attached hydrogens (tertiary/aromatic N) is 1. The number of aliphatic hydroxyl groups is 1. The molecule has 1 aromatic rings. The van der Waals surface area contributed by atoms with Crippen LogP contribution >= 0.6 is 11.6 Å². The topological polar surface area (TPSA) is 83.6 Å². The zero-order valence-corrected chi connectivity index (χ0v) is 12.0. The predicted octanol–water partition coefficient (Wildman–Crippen LogP) is 0.944. The van der Waals surface area contributed by atoms with E-state index in [4.69, 9.17) is 22.4 Å². The second-order valence-corrected chi connectivity index (χ2v) is 6.83. The number of aliphatic hydroxyl groups excluding tert-OH is 1. The maximum atomic E-state index is 12.5. The Hall–Kier alpha value is -0.660. The Morgan fingerprint density at radius 1 is 1.42 bits per heavy atom. The highest BCUT2D eigenvalue weighted by Gasteiger charge is 2.37. The molecule has 0 bridgehead atoms. The van der Waals surface area contributed by atoms with Crippen molar-refractivity contribution in [3.8, 4) is 0 Å². The number of hydrogen-bond donors (Lipinski definition) is 2. The van der Waals surface area contributed by atoms with Crippen molar-refractivity contribution in [3.05, 3.63) is 28.8 Å². The summed E-state index contributed by atoms with van der Waals surface area (Å²) in [6, 6.07) is 4.56. The molecule has 3 N–H and O–H groups in total. The number of halogens is 1. The second-order valence-electron chi connectivity index (χ2n) is 4.53. The summed E-state index contributed by atoms with van der Waals surface area (Å²) >= 11 is 6.00. The number of hydrogen-bond acceptors (Lipinski definition) is 4. The van der Waals surface area contributed by atoms with Gasteiger partial charge in [0.15, 0.2) is 0 Å². The molecule has 1 aliphatic carbocycles. The summed E-state index contributed by atoms with van der Waals surface area (Å²) in [6.45, 7) is 0.190. The normalized spacial score (nSPS) is 16.0. The quantitative estimate of drug-likeness (QED) is 0.819. The number of benzene rings is 1. The number of sulfonamides is 1. The third-order valence-corrected chi connectivity index (χ3v) is 5.43. The van der Waals surface area contributed by atoms with Crippen molar-refractivity contribution in [2.24, 2.45) is 5.73 Å². The highest BCUT2D eigenvalue weighted by Crippen LogP contribution is 2.32. The van der Waals surface area contributed by atoms with E-state index in [0.717, 1.165) is 12.8 Å². The van der Waals surface area contributed by atoms with Crippen molar-refractivity contribution < 1.29 is 13.5 Å². The smallest absolute Gasteiger partial charge is 0.243 e. The Bertz CT molecular complexity index is 558. The molecule has 0 aliphatic heterocycles. The van der Waals surface area contributed by atoms with Crippen LogP contribution in [0.3, 0.4) is 0 Å². The maximum Gasteiger partial charge on any atom is 0.243 e. The Morgan fingerprint density at radius 3 is 2.58 bits per heavy atom. The molecule has 7 heteroatoms. The maximum absolute atomic E-state index is 12.5. The Kier molecular flexibility index (Phi) is 4.47. The first-order valence-corrected chi connectivity index (χ1v) is 7.93. The molecule has 0 aromatic heterocycles. The average molecular weight is 305 g/mol. The van der Waals surface area contributed by atoms with Crippen molar-refractivity contribution in [3.63, 3.8) is 0 Å². The van der Waals surface area contributed by atoms with E-state index in [1.165, 1.54) is 16.4 Å². The molecule has 0 saturated heterocycles. The lowest BCUT2D eigenvalue weighted by Crippen LogP contribution is -2.35. The summed E-state index contributed by atoms with van der Waals surface area (Å²) < 4.78 is 26.3. The molecular formula is C12H17ClN2O3S. The van der Waals surface area contributed by atoms with E-state index in [-0.39, 0.29) is 30.6 Å². The molecule has 0 heterocycles. The minimum atomic E-state index is -3.60. The third kappa shape index (κ3) is 3.09. The highest BCUT2D eigenvalue weighted by molar-refractivity contribution is 7.89. The molecule has 0 amide bonds. The van der Waals surface area contributed by atoms with Gasteiger partial charge in [-0.1, -0.05) is 17.7 Å². The monoisotopic (exact) mass is 304 g/mol. The molecule has 2 rings (SSSR count). The fourth-order valence-corrected chi connectivity index (χ4v) is 3.97. The molecule has 0 spiro atoms. The minimum absolute atomic E-state index is 0.00473. The predicted molar refractivity (Wildman–Crippen MR) is 73.3 cm³/mol. The van der Waals surface area contributed by atoms with Crippen LogP contribution in [0.5, 0.6) is 0 Å². The van der Waals surface area contributed by atoms with Gasteiger partial charge < -0.3 is 10.8 Å². The minimum Gasteiger partial charge on any atom is -0.395 e. The SMILES string of the molecule is NCc1ccc(S(=O)(=O)N(CCO)C2CC2)cc1Cl. The third-order valence-electron chi connectivity index (χ3n) is 3.13. The molecule has 1 fully saturated rings. The molecule has 5 nitrogen and oxygen atoms in total. The Morgan fingerprint density at radius 2 is 2.11 bits per heavy atom. The van der Waals surface area contributed by atoms with Gasteiger partial charge in [0.2, 0.25) is 10.0 Å². The van der Waals surface area contributed by atoms with Gasteiger partial charge in [0.25, 0.3) is 0 Å². The second kappa shape index (κ2) is 5.76. The van der Waals surface area contributed by atoms with E-state index in [1.807, 2.05) is 0 Å². The molecule has 19 heavy (non-hydrogen) atoms. The van der Waals surface area contributed by atoms with Crippen molar-refractivity contribution in [2.45, 2.75) is 30.3 Å². The molecule has 0 radical (unpaired) electrons. The molecule has 0 unspecified atom stereocenters. The van der Waals surface area contributed by atoms with Crippen LogP contribution in [0.25, 0.3) is 0 Å². The van der Waals surface area contributed by atoms with Gasteiger partial charge in [-0.05, 0) is 30.5 Å². The molecule has 0 atom stereocenters. The van der Waals surface area contributed by atoms with E-state index in [2.05, 4.69) is 0 Å². The van der Waals surface area contributed by atoms with Gasteiger partial charge in [-0.25, -0.2) is 8.42 Å². The fraction of sp³-hybridized carbons (Fsp3) is 0.500. The standard InChI is InChI=1S/C12H17ClN2O3S/c13-12-7-11(4-1-9(12)8-14)19(17,18)15(5-6-16)10-2-3-10/h1,4,7,10,16H,2-3,5-6,8,14H2. The van der Waals surface area contributed by atoms with Gasteiger partial charge >= 0.3 is 0 Å². The summed E-state index contributed by atoms with van der Waals surface area (Å²) in [5.74, 6) is 0. The molecule has 1 saturated carbocycles. The van der Waals surface area contributed by atoms with Crippen molar-refractivity contribution >= 4 is 21.6 Å². The first-order valence-electron chi connectivity index (χ1n) is 6.12. The van der Waals surface area contributed by atoms with Crippen LogP contribution in [0.15, 0.2) is 23.1 Å². The van der Waals surface area contributed by atoms with Crippen LogP contribution in [0.2, 0.25) is 5.02 Å². The first-order chi connectivity index (χ1) is 9.00.